The number of amides is 1. The number of halogens is 1. The molecular weight excluding hydrogens is 336 g/mol. The summed E-state index contributed by atoms with van der Waals surface area (Å²) in [5, 5.41) is 12.7. The molecule has 0 saturated heterocycles. The Hall–Kier alpha value is -1.82. The fourth-order valence-electron chi connectivity index (χ4n) is 2.16. The number of benzene rings is 1. The van der Waals surface area contributed by atoms with Gasteiger partial charge in [-0.3, -0.25) is 4.79 Å². The smallest absolute Gasteiger partial charge is 0.326 e. The average molecular weight is 353 g/mol. The van der Waals surface area contributed by atoms with Gasteiger partial charge in [-0.15, -0.1) is 0 Å². The fourth-order valence-corrected chi connectivity index (χ4v) is 2.79. The second-order valence-electron chi connectivity index (χ2n) is 5.03. The number of hydrogen-bond acceptors (Lipinski definition) is 2. The molecule has 2 unspecified atom stereocenters. The van der Waals surface area contributed by atoms with E-state index in [1.165, 1.54) is 0 Å². The predicted octanol–water partition coefficient (Wildman–Crippen LogP) is 3.16. The molecule has 1 amide bonds. The van der Waals surface area contributed by atoms with Gasteiger partial charge in [0.1, 0.15) is 11.7 Å². The molecule has 0 bridgehead atoms. The number of fused-ring (bicyclic) bond motifs is 1. The highest BCUT2D eigenvalue weighted by Crippen LogP contribution is 2.27. The molecule has 0 aliphatic heterocycles. The predicted molar refractivity (Wildman–Crippen MR) is 84.3 cm³/mol. The summed E-state index contributed by atoms with van der Waals surface area (Å²) in [5.41, 5.74) is 1.16. The van der Waals surface area contributed by atoms with Gasteiger partial charge in [0.25, 0.3) is 5.91 Å². The van der Waals surface area contributed by atoms with E-state index in [0.717, 1.165) is 10.9 Å². The molecule has 2 atom stereocenters. The van der Waals surface area contributed by atoms with Gasteiger partial charge >= 0.3 is 5.97 Å². The lowest BCUT2D eigenvalue weighted by Gasteiger charge is -2.19. The van der Waals surface area contributed by atoms with Crippen LogP contribution in [0.15, 0.2) is 28.7 Å². The summed E-state index contributed by atoms with van der Waals surface area (Å²) in [6.45, 7) is 3.70. The quantitative estimate of drug-likeness (QED) is 0.772. The van der Waals surface area contributed by atoms with Gasteiger partial charge in [0, 0.05) is 10.9 Å². The molecule has 6 heteroatoms. The first-order chi connectivity index (χ1) is 9.95. The first kappa shape index (κ1) is 15.6. The van der Waals surface area contributed by atoms with Gasteiger partial charge in [-0.1, -0.05) is 38.5 Å². The largest absolute Gasteiger partial charge is 0.480 e. The van der Waals surface area contributed by atoms with Crippen LogP contribution in [0.2, 0.25) is 0 Å². The van der Waals surface area contributed by atoms with E-state index in [9.17, 15) is 14.7 Å². The van der Waals surface area contributed by atoms with Crippen LogP contribution in [-0.4, -0.2) is 28.0 Å². The van der Waals surface area contributed by atoms with Crippen LogP contribution < -0.4 is 5.32 Å². The summed E-state index contributed by atoms with van der Waals surface area (Å²) >= 11 is 3.39. The Labute approximate surface area is 130 Å². The molecule has 2 rings (SSSR count). The minimum Gasteiger partial charge on any atom is -0.480 e. The van der Waals surface area contributed by atoms with Crippen LogP contribution in [0.5, 0.6) is 0 Å². The number of carboxylic acid groups (broad SMARTS) is 1. The Bertz CT molecular complexity index is 681. The maximum absolute atomic E-state index is 12.3. The van der Waals surface area contributed by atoms with Crippen LogP contribution in [0.25, 0.3) is 10.9 Å². The van der Waals surface area contributed by atoms with E-state index < -0.39 is 17.9 Å². The second-order valence-corrected chi connectivity index (χ2v) is 5.83. The van der Waals surface area contributed by atoms with Crippen molar-refractivity contribution in [3.05, 3.63) is 34.4 Å². The summed E-state index contributed by atoms with van der Waals surface area (Å²) < 4.78 is 0.642. The van der Waals surface area contributed by atoms with Crippen LogP contribution >= 0.6 is 15.9 Å². The lowest BCUT2D eigenvalue weighted by molar-refractivity contribution is -0.140. The maximum atomic E-state index is 12.3. The molecule has 0 aliphatic carbocycles. The van der Waals surface area contributed by atoms with Gasteiger partial charge in [-0.2, -0.15) is 0 Å². The molecule has 21 heavy (non-hydrogen) atoms. The average Bonchev–Trinajstić information content (AvgIpc) is 2.81. The second kappa shape index (κ2) is 6.30. The fraction of sp³-hybridized carbons (Fsp3) is 0.333. The van der Waals surface area contributed by atoms with Gasteiger partial charge < -0.3 is 15.4 Å². The number of carboxylic acids is 1. The molecule has 112 valence electrons. The summed E-state index contributed by atoms with van der Waals surface area (Å²) in [4.78, 5) is 26.6. The number of rotatable bonds is 5. The van der Waals surface area contributed by atoms with Crippen molar-refractivity contribution in [2.75, 3.05) is 0 Å². The molecule has 0 aliphatic rings. The molecule has 0 spiro atoms. The Morgan fingerprint density at radius 3 is 2.62 bits per heavy atom. The molecule has 0 fully saturated rings. The Kier molecular flexibility index (Phi) is 4.67. The van der Waals surface area contributed by atoms with E-state index in [2.05, 4.69) is 26.2 Å². The van der Waals surface area contributed by atoms with Crippen LogP contribution in [0.3, 0.4) is 0 Å². The minimum atomic E-state index is -1.02. The van der Waals surface area contributed by atoms with Gasteiger partial charge in [0.15, 0.2) is 0 Å². The van der Waals surface area contributed by atoms with E-state index in [1.807, 2.05) is 31.2 Å². The zero-order chi connectivity index (χ0) is 15.6. The van der Waals surface area contributed by atoms with E-state index >= 15 is 0 Å². The van der Waals surface area contributed by atoms with Crippen LogP contribution in [-0.2, 0) is 4.79 Å². The van der Waals surface area contributed by atoms with E-state index in [-0.39, 0.29) is 5.92 Å². The molecule has 0 radical (unpaired) electrons. The van der Waals surface area contributed by atoms with E-state index in [0.29, 0.717) is 16.6 Å². The number of aromatic nitrogens is 1. The molecule has 5 nitrogen and oxygen atoms in total. The van der Waals surface area contributed by atoms with Crippen LogP contribution in [0.4, 0.5) is 0 Å². The van der Waals surface area contributed by atoms with Gasteiger partial charge in [-0.05, 0) is 27.9 Å². The minimum absolute atomic E-state index is 0.144. The molecule has 0 saturated carbocycles. The molecule has 1 aromatic heterocycles. The monoisotopic (exact) mass is 352 g/mol. The number of carbonyl (C=O) groups is 2. The van der Waals surface area contributed by atoms with Crippen molar-refractivity contribution in [3.8, 4) is 0 Å². The molecular formula is C15H17BrN2O3. The maximum Gasteiger partial charge on any atom is 0.326 e. The van der Waals surface area contributed by atoms with Crippen molar-refractivity contribution >= 4 is 38.7 Å². The van der Waals surface area contributed by atoms with Crippen molar-refractivity contribution in [2.45, 2.75) is 26.3 Å². The Morgan fingerprint density at radius 1 is 1.38 bits per heavy atom. The third-order valence-corrected chi connectivity index (χ3v) is 4.46. The zero-order valence-electron chi connectivity index (χ0n) is 11.8. The van der Waals surface area contributed by atoms with Gasteiger partial charge in [0.05, 0.1) is 4.47 Å². The normalized spacial score (nSPS) is 13.9. The van der Waals surface area contributed by atoms with Crippen LogP contribution in [0, 0.1) is 5.92 Å². The first-order valence-electron chi connectivity index (χ1n) is 6.75. The number of aliphatic carboxylic acids is 1. The number of nitrogens with one attached hydrogen (secondary N) is 2. The van der Waals surface area contributed by atoms with Crippen molar-refractivity contribution < 1.29 is 14.7 Å². The summed E-state index contributed by atoms with van der Waals surface area (Å²) in [5.74, 6) is -1.59. The van der Waals surface area contributed by atoms with Crippen LogP contribution in [0.1, 0.15) is 30.8 Å². The lowest BCUT2D eigenvalue weighted by atomic mass is 9.99. The van der Waals surface area contributed by atoms with E-state index in [1.54, 1.807) is 6.92 Å². The standard InChI is InChI=1S/C15H17BrN2O3/c1-3-8(2)12(15(20)21)18-14(19)13-11(16)9-6-4-5-7-10(9)17-13/h4-8,12,17H,3H2,1-2H3,(H,18,19)(H,20,21). The highest BCUT2D eigenvalue weighted by Gasteiger charge is 2.27. The first-order valence-corrected chi connectivity index (χ1v) is 7.54. The number of carbonyl (C=O) groups excluding carboxylic acids is 1. The Morgan fingerprint density at radius 2 is 2.05 bits per heavy atom. The van der Waals surface area contributed by atoms with Crippen molar-refractivity contribution in [1.29, 1.82) is 0 Å². The SMILES string of the molecule is CCC(C)C(NC(=O)c1[nH]c2ccccc2c1Br)C(=O)O. The summed E-state index contributed by atoms with van der Waals surface area (Å²) in [6, 6.07) is 6.59. The molecule has 1 aromatic carbocycles. The topological polar surface area (TPSA) is 82.2 Å². The molecule has 1 heterocycles. The van der Waals surface area contributed by atoms with Gasteiger partial charge in [-0.25, -0.2) is 4.79 Å². The highest BCUT2D eigenvalue weighted by atomic mass is 79.9. The van der Waals surface area contributed by atoms with E-state index in [4.69, 9.17) is 0 Å². The zero-order valence-corrected chi connectivity index (χ0v) is 13.4. The summed E-state index contributed by atoms with van der Waals surface area (Å²) in [6.07, 6.45) is 0.672. The number of para-hydroxylation sites is 1. The number of H-pyrrole nitrogens is 1. The Balaban J connectivity index is 2.29. The van der Waals surface area contributed by atoms with Crippen molar-refractivity contribution in [3.63, 3.8) is 0 Å². The summed E-state index contributed by atoms with van der Waals surface area (Å²) in [7, 11) is 0. The lowest BCUT2D eigenvalue weighted by Crippen LogP contribution is -2.45. The molecule has 2 aromatic rings. The highest BCUT2D eigenvalue weighted by molar-refractivity contribution is 9.10. The number of hydrogen-bond donors (Lipinski definition) is 3. The third-order valence-electron chi connectivity index (χ3n) is 3.64. The molecule has 3 N–H and O–H groups in total. The van der Waals surface area contributed by atoms with Crippen molar-refractivity contribution in [1.82, 2.24) is 10.3 Å². The number of aromatic amines is 1. The third kappa shape index (κ3) is 3.10. The van der Waals surface area contributed by atoms with Gasteiger partial charge in [0.2, 0.25) is 0 Å². The van der Waals surface area contributed by atoms with Crippen molar-refractivity contribution in [2.24, 2.45) is 5.92 Å².